The Morgan fingerprint density at radius 2 is 1.88 bits per heavy atom. The number of halogens is 1. The van der Waals surface area contributed by atoms with Gasteiger partial charge in [0.1, 0.15) is 6.54 Å². The van der Waals surface area contributed by atoms with E-state index in [9.17, 15) is 9.59 Å². The van der Waals surface area contributed by atoms with Crippen molar-refractivity contribution in [3.63, 3.8) is 0 Å². The summed E-state index contributed by atoms with van der Waals surface area (Å²) < 4.78 is 5.22. The standard InChI is InChI=1S/C17H16ClN3O3/c18-12-5-3-11(4-6-12)15-19-13(24-20-15)10-21-14(22)9-17(16(21)23)7-1-2-8-17/h3-6H,1-2,7-10H2. The number of imide groups is 1. The molecule has 24 heavy (non-hydrogen) atoms. The lowest BCUT2D eigenvalue weighted by Gasteiger charge is -2.19. The van der Waals surface area contributed by atoms with Crippen LogP contribution in [0.15, 0.2) is 28.8 Å². The highest BCUT2D eigenvalue weighted by atomic mass is 35.5. The van der Waals surface area contributed by atoms with Crippen molar-refractivity contribution in [3.05, 3.63) is 35.2 Å². The van der Waals surface area contributed by atoms with E-state index >= 15 is 0 Å². The Balaban J connectivity index is 1.53. The molecule has 1 saturated carbocycles. The van der Waals surface area contributed by atoms with Crippen LogP contribution in [0.4, 0.5) is 0 Å². The molecule has 4 rings (SSSR count). The molecule has 124 valence electrons. The molecule has 6 nitrogen and oxygen atoms in total. The fourth-order valence-corrected chi connectivity index (χ4v) is 3.76. The minimum Gasteiger partial charge on any atom is -0.337 e. The predicted octanol–water partition coefficient (Wildman–Crippen LogP) is 3.21. The number of rotatable bonds is 3. The van der Waals surface area contributed by atoms with E-state index < -0.39 is 5.41 Å². The van der Waals surface area contributed by atoms with Crippen LogP contribution < -0.4 is 0 Å². The maximum atomic E-state index is 12.7. The van der Waals surface area contributed by atoms with Crippen LogP contribution in [0.2, 0.25) is 5.02 Å². The van der Waals surface area contributed by atoms with Crippen LogP contribution >= 0.6 is 11.6 Å². The average molecular weight is 346 g/mol. The number of nitrogens with zero attached hydrogens (tertiary/aromatic N) is 3. The summed E-state index contributed by atoms with van der Waals surface area (Å²) in [5.74, 6) is 0.442. The molecule has 1 spiro atoms. The summed E-state index contributed by atoms with van der Waals surface area (Å²) in [6, 6.07) is 7.06. The average Bonchev–Trinajstić information content (AvgIpc) is 3.27. The summed E-state index contributed by atoms with van der Waals surface area (Å²) in [6.45, 7) is 0.0417. The molecule has 1 aliphatic carbocycles. The highest BCUT2D eigenvalue weighted by Crippen LogP contribution is 2.47. The van der Waals surface area contributed by atoms with Crippen molar-refractivity contribution >= 4 is 23.4 Å². The Bertz CT molecular complexity index is 794. The maximum Gasteiger partial charge on any atom is 0.247 e. The van der Waals surface area contributed by atoms with E-state index in [0.29, 0.717) is 17.3 Å². The Morgan fingerprint density at radius 3 is 2.58 bits per heavy atom. The minimum atomic E-state index is -0.476. The molecule has 1 aromatic heterocycles. The molecule has 2 aliphatic rings. The molecular weight excluding hydrogens is 330 g/mol. The first kappa shape index (κ1) is 15.3. The van der Waals surface area contributed by atoms with Gasteiger partial charge in [-0.15, -0.1) is 0 Å². The molecule has 2 aromatic rings. The summed E-state index contributed by atoms with van der Waals surface area (Å²) in [7, 11) is 0. The zero-order chi connectivity index (χ0) is 16.7. The van der Waals surface area contributed by atoms with Crippen LogP contribution in [0.1, 0.15) is 38.0 Å². The van der Waals surface area contributed by atoms with Crippen molar-refractivity contribution in [2.45, 2.75) is 38.6 Å². The summed E-state index contributed by atoms with van der Waals surface area (Å²) in [6.07, 6.45) is 3.92. The third-order valence-electron chi connectivity index (χ3n) is 4.91. The molecule has 0 unspecified atom stereocenters. The van der Waals surface area contributed by atoms with Gasteiger partial charge in [0.15, 0.2) is 0 Å². The van der Waals surface area contributed by atoms with Gasteiger partial charge in [-0.3, -0.25) is 14.5 Å². The summed E-state index contributed by atoms with van der Waals surface area (Å²) in [5.41, 5.74) is 0.288. The number of carbonyl (C=O) groups is 2. The van der Waals surface area contributed by atoms with Crippen molar-refractivity contribution in [1.82, 2.24) is 15.0 Å². The van der Waals surface area contributed by atoms with Crippen LogP contribution in [0, 0.1) is 5.41 Å². The molecule has 0 radical (unpaired) electrons. The minimum absolute atomic E-state index is 0.0417. The lowest BCUT2D eigenvalue weighted by Crippen LogP contribution is -2.34. The second-order valence-corrected chi connectivity index (χ2v) is 6.90. The van der Waals surface area contributed by atoms with Crippen molar-refractivity contribution in [1.29, 1.82) is 0 Å². The molecule has 0 N–H and O–H groups in total. The molecule has 2 heterocycles. The molecule has 1 aliphatic heterocycles. The SMILES string of the molecule is O=C1CC2(CCCC2)C(=O)N1Cc1nc(-c2ccc(Cl)cc2)no1. The quantitative estimate of drug-likeness (QED) is 0.798. The third-order valence-corrected chi connectivity index (χ3v) is 5.17. The Labute approximate surface area is 143 Å². The number of hydrogen-bond acceptors (Lipinski definition) is 5. The van der Waals surface area contributed by atoms with Gasteiger partial charge in [0.05, 0.1) is 5.41 Å². The van der Waals surface area contributed by atoms with Crippen molar-refractivity contribution < 1.29 is 14.1 Å². The first-order valence-electron chi connectivity index (χ1n) is 8.01. The van der Waals surface area contributed by atoms with Gasteiger partial charge in [0.25, 0.3) is 0 Å². The number of benzene rings is 1. The molecule has 7 heteroatoms. The molecular formula is C17H16ClN3O3. The first-order chi connectivity index (χ1) is 11.6. The Morgan fingerprint density at radius 1 is 1.17 bits per heavy atom. The topological polar surface area (TPSA) is 76.3 Å². The molecule has 1 aromatic carbocycles. The third kappa shape index (κ3) is 2.51. The van der Waals surface area contributed by atoms with Crippen LogP contribution in [0.25, 0.3) is 11.4 Å². The number of hydrogen-bond donors (Lipinski definition) is 0. The maximum absolute atomic E-state index is 12.7. The van der Waals surface area contributed by atoms with Gasteiger partial charge in [-0.25, -0.2) is 0 Å². The van der Waals surface area contributed by atoms with Crippen LogP contribution in [0.5, 0.6) is 0 Å². The van der Waals surface area contributed by atoms with E-state index in [4.69, 9.17) is 16.1 Å². The van der Waals surface area contributed by atoms with E-state index in [0.717, 1.165) is 31.2 Å². The molecule has 0 bridgehead atoms. The predicted molar refractivity (Wildman–Crippen MR) is 85.8 cm³/mol. The molecule has 2 amide bonds. The van der Waals surface area contributed by atoms with Crippen LogP contribution in [-0.2, 0) is 16.1 Å². The number of amides is 2. The van der Waals surface area contributed by atoms with E-state index in [1.807, 2.05) is 0 Å². The largest absolute Gasteiger partial charge is 0.337 e. The number of aromatic nitrogens is 2. The molecule has 1 saturated heterocycles. The van der Waals surface area contributed by atoms with Gasteiger partial charge >= 0.3 is 0 Å². The molecule has 2 fully saturated rings. The van der Waals surface area contributed by atoms with E-state index in [2.05, 4.69) is 10.1 Å². The number of carbonyl (C=O) groups excluding carboxylic acids is 2. The van der Waals surface area contributed by atoms with Crippen molar-refractivity contribution in [3.8, 4) is 11.4 Å². The van der Waals surface area contributed by atoms with E-state index in [-0.39, 0.29) is 24.2 Å². The van der Waals surface area contributed by atoms with Gasteiger partial charge in [-0.2, -0.15) is 4.98 Å². The smallest absolute Gasteiger partial charge is 0.247 e. The fourth-order valence-electron chi connectivity index (χ4n) is 3.63. The number of likely N-dealkylation sites (tertiary alicyclic amines) is 1. The zero-order valence-electron chi connectivity index (χ0n) is 13.0. The van der Waals surface area contributed by atoms with Gasteiger partial charge < -0.3 is 4.52 Å². The summed E-state index contributed by atoms with van der Waals surface area (Å²) in [5, 5.41) is 4.54. The highest BCUT2D eigenvalue weighted by molar-refractivity contribution is 6.30. The molecule has 0 atom stereocenters. The Kier molecular flexibility index (Phi) is 3.64. The van der Waals surface area contributed by atoms with Crippen LogP contribution in [-0.4, -0.2) is 26.9 Å². The fraction of sp³-hybridized carbons (Fsp3) is 0.412. The van der Waals surface area contributed by atoms with Gasteiger partial charge in [-0.1, -0.05) is 29.6 Å². The van der Waals surface area contributed by atoms with Gasteiger partial charge in [0, 0.05) is 17.0 Å². The normalized spacial score (nSPS) is 19.6. The zero-order valence-corrected chi connectivity index (χ0v) is 13.8. The monoisotopic (exact) mass is 345 g/mol. The second-order valence-electron chi connectivity index (χ2n) is 6.47. The first-order valence-corrected chi connectivity index (χ1v) is 8.39. The van der Waals surface area contributed by atoms with Gasteiger partial charge in [-0.05, 0) is 37.1 Å². The van der Waals surface area contributed by atoms with Gasteiger partial charge in [0.2, 0.25) is 23.5 Å². The van der Waals surface area contributed by atoms with Crippen LogP contribution in [0.3, 0.4) is 0 Å². The highest BCUT2D eigenvalue weighted by Gasteiger charge is 2.52. The summed E-state index contributed by atoms with van der Waals surface area (Å²) >= 11 is 5.86. The lowest BCUT2D eigenvalue weighted by atomic mass is 9.84. The lowest BCUT2D eigenvalue weighted by molar-refractivity contribution is -0.142. The summed E-state index contributed by atoms with van der Waals surface area (Å²) in [4.78, 5) is 30.5. The van der Waals surface area contributed by atoms with Crippen molar-refractivity contribution in [2.24, 2.45) is 5.41 Å². The van der Waals surface area contributed by atoms with E-state index in [1.165, 1.54) is 4.90 Å². The van der Waals surface area contributed by atoms with E-state index in [1.54, 1.807) is 24.3 Å². The Hall–Kier alpha value is -2.21. The second kappa shape index (κ2) is 5.70. The van der Waals surface area contributed by atoms with Crippen molar-refractivity contribution in [2.75, 3.05) is 0 Å².